The Labute approximate surface area is 160 Å². The van der Waals surface area contributed by atoms with Crippen molar-refractivity contribution in [1.29, 1.82) is 0 Å². The van der Waals surface area contributed by atoms with Crippen LogP contribution in [-0.4, -0.2) is 19.3 Å². The molecule has 0 heterocycles. The van der Waals surface area contributed by atoms with Crippen LogP contribution in [0, 0.1) is 40.5 Å². The second-order valence-electron chi connectivity index (χ2n) is 7.09. The van der Waals surface area contributed by atoms with E-state index < -0.39 is 82.8 Å². The number of hydrogen-bond donors (Lipinski definition) is 0. The molecule has 0 N–H and O–H groups in total. The van der Waals surface area contributed by atoms with E-state index in [1.807, 2.05) is 0 Å². The maximum Gasteiger partial charge on any atom is 0.442 e. The zero-order chi connectivity index (χ0) is 22.3. The molecule has 162 valence electrons. The minimum absolute atomic E-state index is 0.228. The van der Waals surface area contributed by atoms with E-state index in [0.717, 1.165) is 7.11 Å². The van der Waals surface area contributed by atoms with Crippen molar-refractivity contribution >= 4 is 5.97 Å². The molecule has 1 aromatic rings. The summed E-state index contributed by atoms with van der Waals surface area (Å²) >= 11 is 0. The summed E-state index contributed by atoms with van der Waals surface area (Å²) in [6.45, 7) is 0.774. The number of benzene rings is 1. The maximum atomic E-state index is 14.0. The van der Waals surface area contributed by atoms with Crippen LogP contribution in [0.4, 0.5) is 35.1 Å². The first-order valence-electron chi connectivity index (χ1n) is 8.18. The number of alkyl halides is 3. The zero-order valence-electron chi connectivity index (χ0n) is 15.4. The molecule has 0 spiro atoms. The minimum Gasteiger partial charge on any atom is -0.460 e. The second-order valence-corrected chi connectivity index (χ2v) is 7.09. The average molecular weight is 432 g/mol. The van der Waals surface area contributed by atoms with E-state index in [4.69, 9.17) is 0 Å². The van der Waals surface area contributed by atoms with Crippen LogP contribution in [0.1, 0.15) is 25.0 Å². The quantitative estimate of drug-likeness (QED) is 0.356. The molecule has 0 bridgehead atoms. The molecule has 0 saturated heterocycles. The number of hydrogen-bond acceptors (Lipinski definition) is 3. The third-order valence-corrected chi connectivity index (χ3v) is 4.85. The van der Waals surface area contributed by atoms with Gasteiger partial charge in [0.2, 0.25) is 0 Å². The summed E-state index contributed by atoms with van der Waals surface area (Å²) in [5.74, 6) is -13.0. The highest BCUT2D eigenvalue weighted by atomic mass is 19.4. The van der Waals surface area contributed by atoms with Crippen molar-refractivity contribution in [1.82, 2.24) is 0 Å². The summed E-state index contributed by atoms with van der Waals surface area (Å²) in [7, 11) is 1.05. The minimum atomic E-state index is -5.22. The Bertz CT molecular complexity index is 815. The van der Waals surface area contributed by atoms with Crippen molar-refractivity contribution in [2.24, 2.45) is 17.3 Å². The third kappa shape index (κ3) is 4.39. The van der Waals surface area contributed by atoms with Crippen LogP contribution in [0.25, 0.3) is 0 Å². The molecule has 11 heteroatoms. The number of halogens is 8. The van der Waals surface area contributed by atoms with Gasteiger partial charge in [0.25, 0.3) is 0 Å². The van der Waals surface area contributed by atoms with E-state index in [0.29, 0.717) is 0 Å². The van der Waals surface area contributed by atoms with Crippen LogP contribution in [0.3, 0.4) is 0 Å². The highest BCUT2D eigenvalue weighted by Crippen LogP contribution is 2.60. The molecule has 0 aromatic heterocycles. The van der Waals surface area contributed by atoms with Gasteiger partial charge in [-0.15, -0.1) is 0 Å². The standard InChI is InChI=1S/C18H16F8O3/c1-17(2)9(4-10(19)18(24,25)26)11(17)16(27)29-6-8-14(22)12(20)7(5-28-3)13(21)15(8)23/h4,9,11H,5-6H2,1-3H3/t9-,11-/m0/s1. The van der Waals surface area contributed by atoms with Crippen molar-refractivity contribution in [3.8, 4) is 0 Å². The third-order valence-electron chi connectivity index (χ3n) is 4.85. The second kappa shape index (κ2) is 7.92. The molecule has 0 unspecified atom stereocenters. The first-order valence-corrected chi connectivity index (χ1v) is 8.18. The molecule has 1 aliphatic carbocycles. The molecule has 1 fully saturated rings. The van der Waals surface area contributed by atoms with Crippen LogP contribution in [0.15, 0.2) is 11.9 Å². The van der Waals surface area contributed by atoms with Gasteiger partial charge in [-0.05, 0) is 17.4 Å². The predicted octanol–water partition coefficient (Wildman–Crippen LogP) is 5.12. The number of ether oxygens (including phenoxy) is 2. The molecule has 29 heavy (non-hydrogen) atoms. The Morgan fingerprint density at radius 2 is 1.45 bits per heavy atom. The Kier molecular flexibility index (Phi) is 6.32. The summed E-state index contributed by atoms with van der Waals surface area (Å²) < 4.78 is 115. The Hall–Kier alpha value is -2.17. The molecular weight excluding hydrogens is 416 g/mol. The van der Waals surface area contributed by atoms with Gasteiger partial charge >= 0.3 is 12.1 Å². The molecule has 0 aliphatic heterocycles. The predicted molar refractivity (Wildman–Crippen MR) is 82.8 cm³/mol. The molecule has 0 radical (unpaired) electrons. The maximum absolute atomic E-state index is 14.0. The van der Waals surface area contributed by atoms with E-state index >= 15 is 0 Å². The number of allylic oxidation sites excluding steroid dienone is 2. The summed E-state index contributed by atoms with van der Waals surface area (Å²) in [6, 6.07) is 0. The first kappa shape index (κ1) is 23.1. The Morgan fingerprint density at radius 3 is 1.86 bits per heavy atom. The molecule has 0 amide bonds. The van der Waals surface area contributed by atoms with E-state index in [1.54, 1.807) is 0 Å². The van der Waals surface area contributed by atoms with Crippen LogP contribution in [-0.2, 0) is 27.5 Å². The monoisotopic (exact) mass is 432 g/mol. The summed E-state index contributed by atoms with van der Waals surface area (Å²) in [4.78, 5) is 12.1. The van der Waals surface area contributed by atoms with E-state index in [9.17, 15) is 39.9 Å². The fourth-order valence-corrected chi connectivity index (χ4v) is 3.04. The van der Waals surface area contributed by atoms with E-state index in [2.05, 4.69) is 9.47 Å². The number of carbonyl (C=O) groups is 1. The van der Waals surface area contributed by atoms with Crippen molar-refractivity contribution in [2.75, 3.05) is 7.11 Å². The van der Waals surface area contributed by atoms with Crippen molar-refractivity contribution < 1.29 is 49.4 Å². The molecular formula is C18H16F8O3. The van der Waals surface area contributed by atoms with Gasteiger partial charge in [-0.3, -0.25) is 4.79 Å². The molecule has 2 rings (SSSR count). The lowest BCUT2D eigenvalue weighted by Crippen LogP contribution is -2.15. The van der Waals surface area contributed by atoms with Crippen LogP contribution >= 0.6 is 0 Å². The normalized spacial score (nSPS) is 21.3. The lowest BCUT2D eigenvalue weighted by molar-refractivity contribution is -0.147. The van der Waals surface area contributed by atoms with Gasteiger partial charge in [-0.1, -0.05) is 13.8 Å². The lowest BCUT2D eigenvalue weighted by atomic mass is 10.1. The number of methoxy groups -OCH3 is 1. The highest BCUT2D eigenvalue weighted by Gasteiger charge is 2.62. The molecule has 1 aromatic carbocycles. The average Bonchev–Trinajstić information content (AvgIpc) is 3.16. The fraction of sp³-hybridized carbons (Fsp3) is 0.500. The first-order chi connectivity index (χ1) is 13.2. The number of carbonyl (C=O) groups excluding carboxylic acids is 1. The summed E-state index contributed by atoms with van der Waals surface area (Å²) in [5.41, 5.74) is -3.32. The smallest absolute Gasteiger partial charge is 0.442 e. The van der Waals surface area contributed by atoms with Gasteiger partial charge in [0.1, 0.15) is 6.61 Å². The number of esters is 1. The molecule has 2 atom stereocenters. The molecule has 3 nitrogen and oxygen atoms in total. The SMILES string of the molecule is COCc1c(F)c(F)c(COC(=O)[C@@H]2[C@H](C=C(F)C(F)(F)F)C2(C)C)c(F)c1F. The largest absolute Gasteiger partial charge is 0.460 e. The van der Waals surface area contributed by atoms with Crippen molar-refractivity contribution in [3.05, 3.63) is 46.3 Å². The van der Waals surface area contributed by atoms with E-state index in [-0.39, 0.29) is 6.08 Å². The summed E-state index contributed by atoms with van der Waals surface area (Å²) in [5, 5.41) is 0. The summed E-state index contributed by atoms with van der Waals surface area (Å²) in [6.07, 6.45) is -5.00. The Balaban J connectivity index is 2.18. The zero-order valence-corrected chi connectivity index (χ0v) is 15.4. The topological polar surface area (TPSA) is 35.5 Å². The highest BCUT2D eigenvalue weighted by molar-refractivity contribution is 5.78. The van der Waals surface area contributed by atoms with Crippen LogP contribution in [0.2, 0.25) is 0 Å². The van der Waals surface area contributed by atoms with Gasteiger partial charge in [0.15, 0.2) is 29.1 Å². The fourth-order valence-electron chi connectivity index (χ4n) is 3.04. The van der Waals surface area contributed by atoms with Crippen molar-refractivity contribution in [2.45, 2.75) is 33.2 Å². The van der Waals surface area contributed by atoms with Gasteiger partial charge in [-0.2, -0.15) is 13.2 Å². The molecule has 1 saturated carbocycles. The lowest BCUT2D eigenvalue weighted by Gasteiger charge is -2.12. The van der Waals surface area contributed by atoms with Gasteiger partial charge < -0.3 is 9.47 Å². The molecule has 1 aliphatic rings. The van der Waals surface area contributed by atoms with Gasteiger partial charge in [-0.25, -0.2) is 22.0 Å². The number of rotatable bonds is 6. The van der Waals surface area contributed by atoms with Crippen molar-refractivity contribution in [3.63, 3.8) is 0 Å². The Morgan fingerprint density at radius 1 is 1.00 bits per heavy atom. The van der Waals surface area contributed by atoms with Gasteiger partial charge in [0.05, 0.1) is 23.7 Å². The van der Waals surface area contributed by atoms with Crippen LogP contribution < -0.4 is 0 Å². The van der Waals surface area contributed by atoms with E-state index in [1.165, 1.54) is 13.8 Å². The van der Waals surface area contributed by atoms with Gasteiger partial charge in [0, 0.05) is 7.11 Å². The van der Waals surface area contributed by atoms with Crippen LogP contribution in [0.5, 0.6) is 0 Å².